The molecule has 0 spiro atoms. The highest BCUT2D eigenvalue weighted by molar-refractivity contribution is 6.07. The summed E-state index contributed by atoms with van der Waals surface area (Å²) in [6.07, 6.45) is 3.48. The van der Waals surface area contributed by atoms with Crippen LogP contribution < -0.4 is 0 Å². The molecule has 0 bridgehead atoms. The predicted molar refractivity (Wildman–Crippen MR) is 172 cm³/mol. The van der Waals surface area contributed by atoms with Crippen molar-refractivity contribution in [3.05, 3.63) is 146 Å². The average Bonchev–Trinajstić information content (AvgIpc) is 3.47. The van der Waals surface area contributed by atoms with Crippen LogP contribution in [-0.2, 0) is 0 Å². The molecule has 202 valence electrons. The van der Waals surface area contributed by atoms with E-state index in [1.54, 1.807) is 12.4 Å². The standard InChI is InChI=1S/C38H24N4O/c1-3-11-25(12-4-1)33-34(40-22-21-39-33)29-17-9-15-27(23-29)28-16-10-18-30(24-28)38-41-35(26-13-5-2-6-14-26)37-36(42-38)31-19-7-8-20-32(31)43-37/h1-24H. The molecule has 5 nitrogen and oxygen atoms in total. The maximum atomic E-state index is 6.28. The Morgan fingerprint density at radius 1 is 0.419 bits per heavy atom. The number of furan rings is 1. The van der Waals surface area contributed by atoms with Gasteiger partial charge in [-0.05, 0) is 35.4 Å². The molecular formula is C38H24N4O. The smallest absolute Gasteiger partial charge is 0.180 e. The van der Waals surface area contributed by atoms with Crippen molar-refractivity contribution in [2.75, 3.05) is 0 Å². The third kappa shape index (κ3) is 4.53. The van der Waals surface area contributed by atoms with Crippen LogP contribution in [0.4, 0.5) is 0 Å². The molecule has 0 aliphatic heterocycles. The van der Waals surface area contributed by atoms with E-state index < -0.39 is 0 Å². The molecule has 3 heterocycles. The summed E-state index contributed by atoms with van der Waals surface area (Å²) in [7, 11) is 0. The van der Waals surface area contributed by atoms with Gasteiger partial charge >= 0.3 is 0 Å². The normalized spacial score (nSPS) is 11.3. The van der Waals surface area contributed by atoms with Crippen molar-refractivity contribution < 1.29 is 4.42 Å². The van der Waals surface area contributed by atoms with Crippen LogP contribution >= 0.6 is 0 Å². The number of benzene rings is 5. The van der Waals surface area contributed by atoms with E-state index in [-0.39, 0.29) is 0 Å². The molecule has 5 heteroatoms. The van der Waals surface area contributed by atoms with E-state index in [0.717, 1.165) is 66.9 Å². The number of para-hydroxylation sites is 1. The zero-order valence-corrected chi connectivity index (χ0v) is 23.1. The number of aromatic nitrogens is 4. The highest BCUT2D eigenvalue weighted by Crippen LogP contribution is 2.36. The summed E-state index contributed by atoms with van der Waals surface area (Å²) in [6.45, 7) is 0. The fourth-order valence-electron chi connectivity index (χ4n) is 5.55. The lowest BCUT2D eigenvalue weighted by molar-refractivity contribution is 0.667. The largest absolute Gasteiger partial charge is 0.452 e. The highest BCUT2D eigenvalue weighted by Gasteiger charge is 2.18. The Bertz CT molecular complexity index is 2240. The summed E-state index contributed by atoms with van der Waals surface area (Å²) < 4.78 is 6.28. The molecule has 5 aromatic carbocycles. The molecule has 43 heavy (non-hydrogen) atoms. The molecule has 8 aromatic rings. The van der Waals surface area contributed by atoms with Gasteiger partial charge in [-0.15, -0.1) is 0 Å². The van der Waals surface area contributed by atoms with Crippen LogP contribution in [0.3, 0.4) is 0 Å². The van der Waals surface area contributed by atoms with E-state index in [2.05, 4.69) is 77.8 Å². The monoisotopic (exact) mass is 552 g/mol. The summed E-state index contributed by atoms with van der Waals surface area (Å²) in [5.41, 5.74) is 10.9. The van der Waals surface area contributed by atoms with Gasteiger partial charge in [0.1, 0.15) is 16.8 Å². The maximum absolute atomic E-state index is 6.28. The molecule has 0 unspecified atom stereocenters. The molecule has 0 saturated heterocycles. The first-order chi connectivity index (χ1) is 21.3. The Kier molecular flexibility index (Phi) is 6.05. The van der Waals surface area contributed by atoms with E-state index >= 15 is 0 Å². The fourth-order valence-corrected chi connectivity index (χ4v) is 5.55. The first kappa shape index (κ1) is 24.8. The third-order valence-corrected chi connectivity index (χ3v) is 7.60. The van der Waals surface area contributed by atoms with E-state index in [1.807, 2.05) is 60.7 Å². The van der Waals surface area contributed by atoms with E-state index in [9.17, 15) is 0 Å². The second kappa shape index (κ2) is 10.5. The lowest BCUT2D eigenvalue weighted by atomic mass is 9.98. The SMILES string of the molecule is c1ccc(-c2nccnc2-c2cccc(-c3cccc(-c4nc(-c5ccccc5)c5oc6ccccc6c5n4)c3)c2)cc1. The number of fused-ring (bicyclic) bond motifs is 3. The van der Waals surface area contributed by atoms with Crippen LogP contribution in [0.5, 0.6) is 0 Å². The number of nitrogens with zero attached hydrogens (tertiary/aromatic N) is 4. The molecule has 3 aromatic heterocycles. The van der Waals surface area contributed by atoms with Gasteiger partial charge in [0.05, 0.1) is 11.4 Å². The van der Waals surface area contributed by atoms with Gasteiger partial charge in [-0.2, -0.15) is 0 Å². The minimum Gasteiger partial charge on any atom is -0.452 e. The maximum Gasteiger partial charge on any atom is 0.180 e. The van der Waals surface area contributed by atoms with Gasteiger partial charge in [0.2, 0.25) is 0 Å². The van der Waals surface area contributed by atoms with Gasteiger partial charge in [0.25, 0.3) is 0 Å². The van der Waals surface area contributed by atoms with Gasteiger partial charge in [-0.3, -0.25) is 9.97 Å². The molecule has 0 amide bonds. The Hall–Kier alpha value is -5.94. The lowest BCUT2D eigenvalue weighted by Gasteiger charge is -2.11. The Balaban J connectivity index is 1.25. The number of rotatable bonds is 5. The van der Waals surface area contributed by atoms with E-state index in [0.29, 0.717) is 11.4 Å². The lowest BCUT2D eigenvalue weighted by Crippen LogP contribution is -1.94. The van der Waals surface area contributed by atoms with Crippen LogP contribution in [0.25, 0.3) is 78.4 Å². The van der Waals surface area contributed by atoms with Crippen molar-refractivity contribution in [3.8, 4) is 56.3 Å². The third-order valence-electron chi connectivity index (χ3n) is 7.60. The first-order valence-corrected chi connectivity index (χ1v) is 14.1. The Morgan fingerprint density at radius 2 is 0.953 bits per heavy atom. The van der Waals surface area contributed by atoms with Crippen molar-refractivity contribution >= 4 is 22.1 Å². The molecule has 0 fully saturated rings. The van der Waals surface area contributed by atoms with Gasteiger partial charge in [-0.1, -0.05) is 109 Å². The van der Waals surface area contributed by atoms with Crippen LogP contribution in [0.15, 0.2) is 150 Å². The van der Waals surface area contributed by atoms with Crippen molar-refractivity contribution in [2.45, 2.75) is 0 Å². The van der Waals surface area contributed by atoms with Gasteiger partial charge in [-0.25, -0.2) is 9.97 Å². The molecule has 0 saturated carbocycles. The molecule has 0 aliphatic rings. The Morgan fingerprint density at radius 3 is 1.67 bits per heavy atom. The summed E-state index contributed by atoms with van der Waals surface area (Å²) in [5.74, 6) is 0.649. The predicted octanol–water partition coefficient (Wildman–Crippen LogP) is 9.50. The van der Waals surface area contributed by atoms with Gasteiger partial charge in [0.15, 0.2) is 11.4 Å². The summed E-state index contributed by atoms with van der Waals surface area (Å²) >= 11 is 0. The van der Waals surface area contributed by atoms with Crippen molar-refractivity contribution in [1.82, 2.24) is 19.9 Å². The zero-order chi connectivity index (χ0) is 28.6. The highest BCUT2D eigenvalue weighted by atomic mass is 16.3. The molecule has 0 N–H and O–H groups in total. The summed E-state index contributed by atoms with van der Waals surface area (Å²) in [5, 5.41) is 0.973. The molecule has 8 rings (SSSR count). The minimum absolute atomic E-state index is 0.649. The van der Waals surface area contributed by atoms with E-state index in [1.165, 1.54) is 0 Å². The molecular weight excluding hydrogens is 528 g/mol. The fraction of sp³-hybridized carbons (Fsp3) is 0. The first-order valence-electron chi connectivity index (χ1n) is 14.1. The number of hydrogen-bond donors (Lipinski definition) is 0. The topological polar surface area (TPSA) is 64.7 Å². The molecule has 0 aliphatic carbocycles. The van der Waals surface area contributed by atoms with Crippen LogP contribution in [-0.4, -0.2) is 19.9 Å². The summed E-state index contributed by atoms with van der Waals surface area (Å²) in [6, 6.07) is 45.1. The van der Waals surface area contributed by atoms with Gasteiger partial charge < -0.3 is 4.42 Å². The molecule has 0 atom stereocenters. The van der Waals surface area contributed by atoms with Crippen molar-refractivity contribution in [2.24, 2.45) is 0 Å². The summed E-state index contributed by atoms with van der Waals surface area (Å²) in [4.78, 5) is 19.5. The van der Waals surface area contributed by atoms with Crippen LogP contribution in [0.1, 0.15) is 0 Å². The van der Waals surface area contributed by atoms with Crippen LogP contribution in [0, 0.1) is 0 Å². The number of hydrogen-bond acceptors (Lipinski definition) is 5. The average molecular weight is 553 g/mol. The molecule has 0 radical (unpaired) electrons. The second-order valence-electron chi connectivity index (χ2n) is 10.3. The minimum atomic E-state index is 0.649. The van der Waals surface area contributed by atoms with Crippen molar-refractivity contribution in [3.63, 3.8) is 0 Å². The second-order valence-corrected chi connectivity index (χ2v) is 10.3. The Labute approximate surface area is 248 Å². The van der Waals surface area contributed by atoms with E-state index in [4.69, 9.17) is 19.4 Å². The van der Waals surface area contributed by atoms with Crippen LogP contribution in [0.2, 0.25) is 0 Å². The van der Waals surface area contributed by atoms with Gasteiger partial charge in [0, 0.05) is 40.0 Å². The zero-order valence-electron chi connectivity index (χ0n) is 23.1. The quantitative estimate of drug-likeness (QED) is 0.213. The van der Waals surface area contributed by atoms with Crippen molar-refractivity contribution in [1.29, 1.82) is 0 Å².